The zero-order valence-corrected chi connectivity index (χ0v) is 13.9. The van der Waals surface area contributed by atoms with Gasteiger partial charge in [0.05, 0.1) is 12.2 Å². The molecule has 1 aromatic carbocycles. The third-order valence-electron chi connectivity index (χ3n) is 2.57. The highest BCUT2D eigenvalue weighted by atomic mass is 35.5. The molecule has 0 radical (unpaired) electrons. The number of ether oxygens (including phenoxy) is 2. The number of nitrogens with one attached hydrogen (secondary N) is 2. The highest BCUT2D eigenvalue weighted by molar-refractivity contribution is 6.31. The van der Waals surface area contributed by atoms with Crippen LogP contribution in [0, 0.1) is 0 Å². The molecular weight excluding hydrogens is 315 g/mol. The summed E-state index contributed by atoms with van der Waals surface area (Å²) in [5.41, 5.74) is 0.435. The van der Waals surface area contributed by atoms with Gasteiger partial charge in [0.2, 0.25) is 0 Å². The fraction of sp³-hybridized carbons (Fsp3) is 0.500. The van der Waals surface area contributed by atoms with E-state index < -0.39 is 0 Å². The molecule has 0 heterocycles. The van der Waals surface area contributed by atoms with E-state index in [1.54, 1.807) is 25.3 Å². The highest BCUT2D eigenvalue weighted by Gasteiger charge is 2.13. The van der Waals surface area contributed by atoms with Crippen LogP contribution in [-0.2, 0) is 4.74 Å². The van der Waals surface area contributed by atoms with Gasteiger partial charge in [-0.2, -0.15) is 0 Å². The van der Waals surface area contributed by atoms with Crippen molar-refractivity contribution in [2.45, 2.75) is 6.92 Å². The third-order valence-corrected chi connectivity index (χ3v) is 2.80. The molecule has 0 spiro atoms. The van der Waals surface area contributed by atoms with Gasteiger partial charge < -0.3 is 20.1 Å². The fourth-order valence-corrected chi connectivity index (χ4v) is 1.75. The SMILES string of the molecule is CCNCCNC(=O)c1cc(Cl)ccc1OCCOC.Cl. The van der Waals surface area contributed by atoms with E-state index in [-0.39, 0.29) is 18.3 Å². The second kappa shape index (κ2) is 11.6. The smallest absolute Gasteiger partial charge is 0.255 e. The van der Waals surface area contributed by atoms with E-state index in [9.17, 15) is 4.79 Å². The van der Waals surface area contributed by atoms with Crippen molar-refractivity contribution < 1.29 is 14.3 Å². The molecule has 7 heteroatoms. The molecule has 1 amide bonds. The molecule has 1 aromatic rings. The Morgan fingerprint density at radius 1 is 1.29 bits per heavy atom. The fourth-order valence-electron chi connectivity index (χ4n) is 1.58. The molecule has 0 saturated heterocycles. The number of halogens is 2. The van der Waals surface area contributed by atoms with Crippen molar-refractivity contribution in [3.8, 4) is 5.75 Å². The first-order valence-electron chi connectivity index (χ1n) is 6.59. The normalized spacial score (nSPS) is 9.86. The molecule has 5 nitrogen and oxygen atoms in total. The standard InChI is InChI=1S/C14H21ClN2O3.ClH/c1-3-16-6-7-17-14(18)12-10-11(15)4-5-13(12)20-9-8-19-2;/h4-5,10,16H,3,6-9H2,1-2H3,(H,17,18);1H. The van der Waals surface area contributed by atoms with Crippen LogP contribution in [0.2, 0.25) is 5.02 Å². The monoisotopic (exact) mass is 336 g/mol. The zero-order chi connectivity index (χ0) is 14.8. The molecule has 2 N–H and O–H groups in total. The van der Waals surface area contributed by atoms with E-state index in [2.05, 4.69) is 10.6 Å². The van der Waals surface area contributed by atoms with Crippen molar-refractivity contribution >= 4 is 29.9 Å². The number of carbonyl (C=O) groups excluding carboxylic acids is 1. The van der Waals surface area contributed by atoms with Gasteiger partial charge >= 0.3 is 0 Å². The predicted molar refractivity (Wildman–Crippen MR) is 86.9 cm³/mol. The van der Waals surface area contributed by atoms with Crippen molar-refractivity contribution in [1.29, 1.82) is 0 Å². The minimum absolute atomic E-state index is 0. The maximum absolute atomic E-state index is 12.1. The van der Waals surface area contributed by atoms with Crippen LogP contribution < -0.4 is 15.4 Å². The number of carbonyl (C=O) groups is 1. The van der Waals surface area contributed by atoms with E-state index in [4.69, 9.17) is 21.1 Å². The molecule has 0 saturated carbocycles. The number of benzene rings is 1. The summed E-state index contributed by atoms with van der Waals surface area (Å²) in [6, 6.07) is 4.99. The van der Waals surface area contributed by atoms with E-state index >= 15 is 0 Å². The maximum Gasteiger partial charge on any atom is 0.255 e. The van der Waals surface area contributed by atoms with Crippen LogP contribution in [0.5, 0.6) is 5.75 Å². The number of methoxy groups -OCH3 is 1. The highest BCUT2D eigenvalue weighted by Crippen LogP contribution is 2.22. The summed E-state index contributed by atoms with van der Waals surface area (Å²) in [7, 11) is 1.60. The van der Waals surface area contributed by atoms with Gasteiger partial charge in [-0.15, -0.1) is 12.4 Å². The van der Waals surface area contributed by atoms with Crippen LogP contribution in [0.3, 0.4) is 0 Å². The second-order valence-corrected chi connectivity index (χ2v) is 4.53. The molecule has 1 rings (SSSR count). The quantitative estimate of drug-likeness (QED) is 0.678. The molecule has 0 aliphatic heterocycles. The molecule has 0 unspecified atom stereocenters. The molecule has 21 heavy (non-hydrogen) atoms. The number of hydrogen-bond donors (Lipinski definition) is 2. The Balaban J connectivity index is 0.00000400. The largest absolute Gasteiger partial charge is 0.490 e. The van der Waals surface area contributed by atoms with Crippen molar-refractivity contribution in [1.82, 2.24) is 10.6 Å². The summed E-state index contributed by atoms with van der Waals surface area (Å²) in [5.74, 6) is 0.310. The first-order valence-corrected chi connectivity index (χ1v) is 6.97. The van der Waals surface area contributed by atoms with E-state index in [0.29, 0.717) is 36.1 Å². The Hall–Kier alpha value is -1.01. The van der Waals surface area contributed by atoms with Gasteiger partial charge in [0.15, 0.2) is 0 Å². The first-order chi connectivity index (χ1) is 9.69. The Kier molecular flexibility index (Phi) is 11.1. The summed E-state index contributed by atoms with van der Waals surface area (Å²) in [5, 5.41) is 6.46. The van der Waals surface area contributed by atoms with Crippen LogP contribution in [0.25, 0.3) is 0 Å². The summed E-state index contributed by atoms with van der Waals surface area (Å²) >= 11 is 5.93. The van der Waals surface area contributed by atoms with E-state index in [1.165, 1.54) is 0 Å². The van der Waals surface area contributed by atoms with Gasteiger partial charge in [0, 0.05) is 25.2 Å². The topological polar surface area (TPSA) is 59.6 Å². The molecule has 0 fully saturated rings. The Labute approximate surface area is 136 Å². The first kappa shape index (κ1) is 20.0. The summed E-state index contributed by atoms with van der Waals surface area (Å²) in [4.78, 5) is 12.1. The molecule has 0 aromatic heterocycles. The molecular formula is C14H22Cl2N2O3. The summed E-state index contributed by atoms with van der Waals surface area (Å²) in [6.07, 6.45) is 0. The molecule has 0 bridgehead atoms. The molecule has 120 valence electrons. The predicted octanol–water partition coefficient (Wildman–Crippen LogP) is 2.13. The van der Waals surface area contributed by atoms with E-state index in [0.717, 1.165) is 13.1 Å². The van der Waals surface area contributed by atoms with Crippen molar-refractivity contribution in [3.05, 3.63) is 28.8 Å². The lowest BCUT2D eigenvalue weighted by molar-refractivity contribution is 0.0946. The van der Waals surface area contributed by atoms with Gasteiger partial charge in [-0.05, 0) is 24.7 Å². The van der Waals surface area contributed by atoms with Crippen molar-refractivity contribution in [2.24, 2.45) is 0 Å². The lowest BCUT2D eigenvalue weighted by atomic mass is 10.2. The van der Waals surface area contributed by atoms with Gasteiger partial charge in [-0.1, -0.05) is 18.5 Å². The Bertz CT molecular complexity index is 431. The number of rotatable bonds is 9. The lowest BCUT2D eigenvalue weighted by Crippen LogP contribution is -2.32. The van der Waals surface area contributed by atoms with Crippen LogP contribution >= 0.6 is 24.0 Å². The third kappa shape index (κ3) is 7.52. The molecule has 0 aliphatic rings. The number of hydrogen-bond acceptors (Lipinski definition) is 4. The van der Waals surface area contributed by atoms with Crippen LogP contribution in [-0.4, -0.2) is 45.9 Å². The van der Waals surface area contributed by atoms with Crippen LogP contribution in [0.4, 0.5) is 0 Å². The average molecular weight is 337 g/mol. The Morgan fingerprint density at radius 2 is 2.05 bits per heavy atom. The molecule has 0 atom stereocenters. The second-order valence-electron chi connectivity index (χ2n) is 4.09. The average Bonchev–Trinajstić information content (AvgIpc) is 2.45. The van der Waals surface area contributed by atoms with Crippen LogP contribution in [0.15, 0.2) is 18.2 Å². The zero-order valence-electron chi connectivity index (χ0n) is 12.3. The maximum atomic E-state index is 12.1. The number of likely N-dealkylation sites (N-methyl/N-ethyl adjacent to an activating group) is 1. The number of amides is 1. The van der Waals surface area contributed by atoms with Gasteiger partial charge in [0.1, 0.15) is 12.4 Å². The summed E-state index contributed by atoms with van der Waals surface area (Å²) < 4.78 is 10.4. The lowest BCUT2D eigenvalue weighted by Gasteiger charge is -2.12. The minimum Gasteiger partial charge on any atom is -0.490 e. The van der Waals surface area contributed by atoms with Crippen LogP contribution in [0.1, 0.15) is 17.3 Å². The van der Waals surface area contributed by atoms with Gasteiger partial charge in [-0.3, -0.25) is 4.79 Å². The van der Waals surface area contributed by atoms with E-state index in [1.807, 2.05) is 6.92 Å². The molecule has 0 aliphatic carbocycles. The van der Waals surface area contributed by atoms with Crippen molar-refractivity contribution in [3.63, 3.8) is 0 Å². The van der Waals surface area contributed by atoms with Gasteiger partial charge in [0.25, 0.3) is 5.91 Å². The van der Waals surface area contributed by atoms with Gasteiger partial charge in [-0.25, -0.2) is 0 Å². The van der Waals surface area contributed by atoms with Crippen molar-refractivity contribution in [2.75, 3.05) is 40.0 Å². The summed E-state index contributed by atoms with van der Waals surface area (Å²) in [6.45, 7) is 5.01. The minimum atomic E-state index is -0.196. The Morgan fingerprint density at radius 3 is 2.71 bits per heavy atom.